The predicted octanol–water partition coefficient (Wildman–Crippen LogP) is 4.91. The second-order valence-corrected chi connectivity index (χ2v) is 8.26. The van der Waals surface area contributed by atoms with Crippen molar-refractivity contribution in [3.8, 4) is 23.1 Å². The van der Waals surface area contributed by atoms with Crippen molar-refractivity contribution in [1.29, 1.82) is 0 Å². The molecule has 0 unspecified atom stereocenters. The Bertz CT molecular complexity index is 1720. The number of esters is 1. The zero-order chi connectivity index (χ0) is 25.9. The molecule has 0 amide bonds. The Kier molecular flexibility index (Phi) is 6.61. The minimum absolute atomic E-state index is 0.224. The van der Waals surface area contributed by atoms with Crippen LogP contribution in [0.2, 0.25) is 5.02 Å². The summed E-state index contributed by atoms with van der Waals surface area (Å²) in [5.41, 5.74) is 1.32. The van der Waals surface area contributed by atoms with Gasteiger partial charge in [-0.1, -0.05) is 29.8 Å². The number of halogens is 1. The van der Waals surface area contributed by atoms with Crippen LogP contribution in [-0.4, -0.2) is 42.7 Å². The van der Waals surface area contributed by atoms with Crippen LogP contribution >= 0.6 is 11.6 Å². The van der Waals surface area contributed by atoms with Gasteiger partial charge in [0.2, 0.25) is 5.82 Å². The number of benzene rings is 3. The Morgan fingerprint density at radius 2 is 1.89 bits per heavy atom. The van der Waals surface area contributed by atoms with E-state index < -0.39 is 5.97 Å². The Labute approximate surface area is 215 Å². The molecule has 0 atom stereocenters. The molecule has 10 heteroatoms. The molecule has 0 aliphatic heterocycles. The van der Waals surface area contributed by atoms with Crippen molar-refractivity contribution in [3.63, 3.8) is 0 Å². The summed E-state index contributed by atoms with van der Waals surface area (Å²) in [5.74, 6) is 0.993. The topological polar surface area (TPSA) is 105 Å². The predicted molar refractivity (Wildman–Crippen MR) is 140 cm³/mol. The van der Waals surface area contributed by atoms with Crippen LogP contribution in [0, 0.1) is 0 Å². The van der Waals surface area contributed by atoms with Gasteiger partial charge in [0, 0.05) is 0 Å². The first-order valence-electron chi connectivity index (χ1n) is 11.1. The Morgan fingerprint density at radius 3 is 2.68 bits per heavy atom. The quantitative estimate of drug-likeness (QED) is 0.223. The van der Waals surface area contributed by atoms with Gasteiger partial charge in [0.1, 0.15) is 17.1 Å². The van der Waals surface area contributed by atoms with Gasteiger partial charge in [0.25, 0.3) is 5.56 Å². The molecular formula is C27H20ClN3O6. The van der Waals surface area contributed by atoms with Gasteiger partial charge >= 0.3 is 5.97 Å². The van der Waals surface area contributed by atoms with Gasteiger partial charge in [-0.3, -0.25) is 4.79 Å². The molecule has 0 saturated carbocycles. The number of aromatic nitrogens is 2. The third kappa shape index (κ3) is 4.76. The van der Waals surface area contributed by atoms with E-state index in [2.05, 4.69) is 14.8 Å². The van der Waals surface area contributed by atoms with Gasteiger partial charge in [-0.2, -0.15) is 9.78 Å². The van der Waals surface area contributed by atoms with Gasteiger partial charge in [0.15, 0.2) is 12.4 Å². The smallest absolute Gasteiger partial charge is 0.343 e. The van der Waals surface area contributed by atoms with E-state index in [-0.39, 0.29) is 23.0 Å². The highest BCUT2D eigenvalue weighted by molar-refractivity contribution is 6.32. The van der Waals surface area contributed by atoms with Gasteiger partial charge in [0.05, 0.1) is 41.7 Å². The molecule has 37 heavy (non-hydrogen) atoms. The zero-order valence-electron chi connectivity index (χ0n) is 19.8. The maximum atomic E-state index is 13.4. The summed E-state index contributed by atoms with van der Waals surface area (Å²) in [5, 5.41) is 5.84. The number of para-hydroxylation sites is 1. The summed E-state index contributed by atoms with van der Waals surface area (Å²) in [6.45, 7) is -0.270. The summed E-state index contributed by atoms with van der Waals surface area (Å²) in [7, 11) is 2.85. The van der Waals surface area contributed by atoms with E-state index in [0.717, 1.165) is 5.39 Å². The molecule has 0 bridgehead atoms. The number of carbonyl (C=O) groups is 1. The summed E-state index contributed by atoms with van der Waals surface area (Å²) < 4.78 is 22.6. The molecule has 5 rings (SSSR count). The third-order valence-corrected chi connectivity index (χ3v) is 5.86. The van der Waals surface area contributed by atoms with E-state index in [4.69, 9.17) is 25.5 Å². The lowest BCUT2D eigenvalue weighted by atomic mass is 10.2. The number of carbonyl (C=O) groups excluding carboxylic acids is 1. The largest absolute Gasteiger partial charge is 0.496 e. The number of nitrogens with zero attached hydrogens (tertiary/aromatic N) is 3. The van der Waals surface area contributed by atoms with Gasteiger partial charge in [-0.05, 0) is 54.1 Å². The van der Waals surface area contributed by atoms with Crippen molar-refractivity contribution >= 4 is 45.7 Å². The van der Waals surface area contributed by atoms with E-state index in [1.54, 1.807) is 61.7 Å². The molecule has 0 saturated heterocycles. The van der Waals surface area contributed by atoms with Crippen molar-refractivity contribution in [2.45, 2.75) is 0 Å². The second kappa shape index (κ2) is 10.2. The average molecular weight is 518 g/mol. The molecule has 0 aliphatic carbocycles. The van der Waals surface area contributed by atoms with Gasteiger partial charge in [-0.15, -0.1) is 0 Å². The van der Waals surface area contributed by atoms with Crippen molar-refractivity contribution in [2.75, 3.05) is 20.8 Å². The van der Waals surface area contributed by atoms with E-state index in [9.17, 15) is 9.59 Å². The lowest BCUT2D eigenvalue weighted by Gasteiger charge is -2.08. The van der Waals surface area contributed by atoms with Crippen LogP contribution in [0.25, 0.3) is 33.5 Å². The maximum Gasteiger partial charge on any atom is 0.343 e. The number of furan rings is 1. The SMILES string of the molecule is COC(=O)COc1ccc(C=Nn2c(-c3cc4c(OC)cccc4o3)nc3ccccc3c2=O)cc1Cl. The van der Waals surface area contributed by atoms with Gasteiger partial charge in [-0.25, -0.2) is 9.78 Å². The molecule has 9 nitrogen and oxygen atoms in total. The normalized spacial score (nSPS) is 11.3. The monoisotopic (exact) mass is 517 g/mol. The second-order valence-electron chi connectivity index (χ2n) is 7.85. The average Bonchev–Trinajstić information content (AvgIpc) is 3.36. The van der Waals surface area contributed by atoms with Crippen molar-refractivity contribution < 1.29 is 23.4 Å². The summed E-state index contributed by atoms with van der Waals surface area (Å²) >= 11 is 6.30. The molecule has 5 aromatic rings. The summed E-state index contributed by atoms with van der Waals surface area (Å²) in [4.78, 5) is 29.4. The highest BCUT2D eigenvalue weighted by atomic mass is 35.5. The lowest BCUT2D eigenvalue weighted by Crippen LogP contribution is -2.20. The molecule has 2 aromatic heterocycles. The third-order valence-electron chi connectivity index (χ3n) is 5.57. The number of rotatable bonds is 7. The van der Waals surface area contributed by atoms with Crippen LogP contribution in [0.4, 0.5) is 0 Å². The fraction of sp³-hybridized carbons (Fsp3) is 0.111. The maximum absolute atomic E-state index is 13.4. The highest BCUT2D eigenvalue weighted by Crippen LogP contribution is 2.33. The Morgan fingerprint density at radius 1 is 1.05 bits per heavy atom. The van der Waals surface area contributed by atoms with Crippen LogP contribution in [0.1, 0.15) is 5.56 Å². The Hall–Kier alpha value is -4.63. The van der Waals surface area contributed by atoms with E-state index >= 15 is 0 Å². The molecule has 0 fully saturated rings. The molecule has 3 aromatic carbocycles. The number of methoxy groups -OCH3 is 2. The fourth-order valence-electron chi connectivity index (χ4n) is 3.75. The molecule has 0 radical (unpaired) electrons. The molecule has 0 aliphatic rings. The van der Waals surface area contributed by atoms with Crippen LogP contribution < -0.4 is 15.0 Å². The number of ether oxygens (including phenoxy) is 3. The van der Waals surface area contributed by atoms with Crippen molar-refractivity contribution in [1.82, 2.24) is 9.66 Å². The molecule has 0 spiro atoms. The first-order valence-corrected chi connectivity index (χ1v) is 11.5. The number of fused-ring (bicyclic) bond motifs is 2. The first-order chi connectivity index (χ1) is 18.0. The zero-order valence-corrected chi connectivity index (χ0v) is 20.6. The van der Waals surface area contributed by atoms with E-state index in [1.807, 2.05) is 12.1 Å². The highest BCUT2D eigenvalue weighted by Gasteiger charge is 2.18. The van der Waals surface area contributed by atoms with Crippen LogP contribution in [0.5, 0.6) is 11.5 Å². The minimum Gasteiger partial charge on any atom is -0.496 e. The molecule has 2 heterocycles. The first kappa shape index (κ1) is 24.1. The summed E-state index contributed by atoms with van der Waals surface area (Å²) in [6.07, 6.45) is 1.47. The minimum atomic E-state index is -0.527. The fourth-order valence-corrected chi connectivity index (χ4v) is 3.99. The number of hydrogen-bond acceptors (Lipinski definition) is 8. The van der Waals surface area contributed by atoms with E-state index in [0.29, 0.717) is 39.3 Å². The molecular weight excluding hydrogens is 498 g/mol. The van der Waals surface area contributed by atoms with Crippen molar-refractivity contribution in [2.24, 2.45) is 5.10 Å². The Balaban J connectivity index is 1.58. The van der Waals surface area contributed by atoms with E-state index in [1.165, 1.54) is 18.0 Å². The molecule has 0 N–H and O–H groups in total. The van der Waals surface area contributed by atoms with Gasteiger partial charge < -0.3 is 18.6 Å². The van der Waals surface area contributed by atoms with Crippen LogP contribution in [0.15, 0.2) is 81.0 Å². The summed E-state index contributed by atoms with van der Waals surface area (Å²) in [6, 6.07) is 19.1. The van der Waals surface area contributed by atoms with Crippen molar-refractivity contribution in [3.05, 3.63) is 87.7 Å². The van der Waals surface area contributed by atoms with Crippen LogP contribution in [-0.2, 0) is 9.53 Å². The number of hydrogen-bond donors (Lipinski definition) is 0. The molecule has 186 valence electrons. The van der Waals surface area contributed by atoms with Crippen LogP contribution in [0.3, 0.4) is 0 Å². The standard InChI is InChI=1S/C27H20ClN3O6/c1-34-21-8-5-9-22-18(21)13-24(37-22)26-30-20-7-4-3-6-17(20)27(33)31(26)29-14-16-10-11-23(19(28)12-16)36-15-25(32)35-2/h3-14H,15H2,1-2H3. The lowest BCUT2D eigenvalue weighted by molar-refractivity contribution is -0.142.